The molecule has 0 spiro atoms. The molecule has 1 heteroatoms. The largest absolute Gasteiger partial charge is 0.298 e. The zero-order chi connectivity index (χ0) is 10.6. The summed E-state index contributed by atoms with van der Waals surface area (Å²) >= 11 is 0. The van der Waals surface area contributed by atoms with Gasteiger partial charge in [-0.25, -0.2) is 0 Å². The molecule has 0 aromatic rings. The smallest absolute Gasteiger partial charge is 0.0232 e. The van der Waals surface area contributed by atoms with Crippen molar-refractivity contribution < 1.29 is 0 Å². The van der Waals surface area contributed by atoms with Crippen molar-refractivity contribution in [3.05, 3.63) is 0 Å². The molecule has 0 saturated carbocycles. The molecule has 1 fully saturated rings. The van der Waals surface area contributed by atoms with Gasteiger partial charge in [0.1, 0.15) is 0 Å². The van der Waals surface area contributed by atoms with Crippen LogP contribution in [0.25, 0.3) is 0 Å². The topological polar surface area (TPSA) is 3.24 Å². The van der Waals surface area contributed by atoms with E-state index in [-0.39, 0.29) is 0 Å². The van der Waals surface area contributed by atoms with Crippen LogP contribution in [0.1, 0.15) is 59.8 Å². The van der Waals surface area contributed by atoms with E-state index < -0.39 is 0 Å². The predicted octanol–water partition coefficient (Wildman–Crippen LogP) is 3.69. The van der Waals surface area contributed by atoms with Gasteiger partial charge in [-0.1, -0.05) is 34.1 Å². The Morgan fingerprint density at radius 2 is 1.79 bits per heavy atom. The third kappa shape index (κ3) is 1.84. The summed E-state index contributed by atoms with van der Waals surface area (Å²) in [6.07, 6.45) is 6.88. The average Bonchev–Trinajstić information content (AvgIpc) is 2.27. The minimum Gasteiger partial charge on any atom is -0.298 e. The number of likely N-dealkylation sites (tertiary alicyclic amines) is 1. The van der Waals surface area contributed by atoms with Crippen LogP contribution in [0.4, 0.5) is 0 Å². The second-order valence-electron chi connectivity index (χ2n) is 4.64. The van der Waals surface area contributed by atoms with Crippen LogP contribution < -0.4 is 0 Å². The van der Waals surface area contributed by atoms with Gasteiger partial charge in [0.05, 0.1) is 0 Å². The van der Waals surface area contributed by atoms with Crippen molar-refractivity contribution >= 4 is 0 Å². The fourth-order valence-corrected chi connectivity index (χ4v) is 3.61. The molecule has 1 heterocycles. The molecule has 14 heavy (non-hydrogen) atoms. The highest BCUT2D eigenvalue weighted by Crippen LogP contribution is 2.40. The van der Waals surface area contributed by atoms with Crippen LogP contribution in [-0.2, 0) is 0 Å². The second kappa shape index (κ2) is 5.16. The van der Waals surface area contributed by atoms with Gasteiger partial charge in [0.25, 0.3) is 0 Å². The molecule has 1 aliphatic rings. The highest BCUT2D eigenvalue weighted by molar-refractivity contribution is 4.96. The Balaban J connectivity index is 2.86. The van der Waals surface area contributed by atoms with Gasteiger partial charge >= 0.3 is 0 Å². The number of nitrogens with zero attached hydrogens (tertiary/aromatic N) is 1. The molecule has 1 atom stereocenters. The Morgan fingerprint density at radius 3 is 2.21 bits per heavy atom. The zero-order valence-corrected chi connectivity index (χ0v) is 10.5. The fraction of sp³-hybridized carbons (Fsp3) is 1.00. The molecule has 0 bridgehead atoms. The number of hydrogen-bond donors (Lipinski definition) is 0. The monoisotopic (exact) mass is 197 g/mol. The van der Waals surface area contributed by atoms with Gasteiger partial charge in [-0.15, -0.1) is 0 Å². The Labute approximate surface area is 89.9 Å². The van der Waals surface area contributed by atoms with E-state index in [1.165, 1.54) is 45.2 Å². The minimum atomic E-state index is 0.530. The maximum absolute atomic E-state index is 2.74. The van der Waals surface area contributed by atoms with Crippen LogP contribution in [0.5, 0.6) is 0 Å². The van der Waals surface area contributed by atoms with E-state index in [4.69, 9.17) is 0 Å². The summed E-state index contributed by atoms with van der Waals surface area (Å²) in [7, 11) is 0. The first-order valence-corrected chi connectivity index (χ1v) is 6.50. The Kier molecular flexibility index (Phi) is 4.43. The van der Waals surface area contributed by atoms with E-state index in [1.54, 1.807) is 0 Å². The van der Waals surface area contributed by atoms with Gasteiger partial charge in [-0.3, -0.25) is 4.90 Å². The molecule has 0 amide bonds. The lowest BCUT2D eigenvalue weighted by Gasteiger charge is -2.51. The van der Waals surface area contributed by atoms with Crippen molar-refractivity contribution in [1.29, 1.82) is 0 Å². The molecule has 1 unspecified atom stereocenters. The molecule has 0 radical (unpaired) electrons. The Hall–Kier alpha value is -0.0400. The van der Waals surface area contributed by atoms with Crippen LogP contribution in [0, 0.1) is 5.92 Å². The van der Waals surface area contributed by atoms with Crippen molar-refractivity contribution in [2.45, 2.75) is 65.3 Å². The van der Waals surface area contributed by atoms with E-state index in [1.807, 2.05) is 0 Å². The summed E-state index contributed by atoms with van der Waals surface area (Å²) in [5.74, 6) is 0.936. The standard InChI is InChI=1S/C13H27N/c1-5-12-10-9-11-14(8-4)13(12,6-2)7-3/h12H,5-11H2,1-4H3. The number of hydrogen-bond acceptors (Lipinski definition) is 1. The molecule has 0 aromatic heterocycles. The predicted molar refractivity (Wildman–Crippen MR) is 63.6 cm³/mol. The van der Waals surface area contributed by atoms with Crippen molar-refractivity contribution in [2.24, 2.45) is 5.92 Å². The van der Waals surface area contributed by atoms with E-state index in [0.29, 0.717) is 5.54 Å². The SMILES string of the molecule is CCC1CCCN(CC)C1(CC)CC. The number of rotatable bonds is 4. The summed E-state index contributed by atoms with van der Waals surface area (Å²) in [6.45, 7) is 12.0. The third-order valence-electron chi connectivity index (χ3n) is 4.47. The lowest BCUT2D eigenvalue weighted by atomic mass is 9.71. The lowest BCUT2D eigenvalue weighted by molar-refractivity contribution is -0.0110. The van der Waals surface area contributed by atoms with Gasteiger partial charge in [-0.2, -0.15) is 0 Å². The van der Waals surface area contributed by atoms with Gasteiger partial charge < -0.3 is 0 Å². The van der Waals surface area contributed by atoms with E-state index in [9.17, 15) is 0 Å². The Bertz CT molecular complexity index is 147. The summed E-state index contributed by atoms with van der Waals surface area (Å²) in [5, 5.41) is 0. The molecule has 1 aliphatic heterocycles. The van der Waals surface area contributed by atoms with Crippen LogP contribution in [0.3, 0.4) is 0 Å². The van der Waals surface area contributed by atoms with Crippen molar-refractivity contribution in [3.63, 3.8) is 0 Å². The normalized spacial score (nSPS) is 27.9. The second-order valence-corrected chi connectivity index (χ2v) is 4.64. The van der Waals surface area contributed by atoms with E-state index in [0.717, 1.165) is 5.92 Å². The highest BCUT2D eigenvalue weighted by atomic mass is 15.2. The first-order valence-electron chi connectivity index (χ1n) is 6.50. The molecule has 1 rings (SSSR count). The molecular weight excluding hydrogens is 170 g/mol. The van der Waals surface area contributed by atoms with Crippen molar-refractivity contribution in [2.75, 3.05) is 13.1 Å². The van der Waals surface area contributed by atoms with Gasteiger partial charge in [-0.05, 0) is 44.7 Å². The zero-order valence-electron chi connectivity index (χ0n) is 10.5. The quantitative estimate of drug-likeness (QED) is 0.664. The maximum Gasteiger partial charge on any atom is 0.0232 e. The first-order chi connectivity index (χ1) is 6.75. The molecule has 1 nitrogen and oxygen atoms in total. The van der Waals surface area contributed by atoms with Crippen molar-refractivity contribution in [3.8, 4) is 0 Å². The summed E-state index contributed by atoms with van der Waals surface area (Å²) in [6, 6.07) is 0. The van der Waals surface area contributed by atoms with Crippen LogP contribution >= 0.6 is 0 Å². The van der Waals surface area contributed by atoms with Crippen molar-refractivity contribution in [1.82, 2.24) is 4.90 Å². The summed E-state index contributed by atoms with van der Waals surface area (Å²) < 4.78 is 0. The van der Waals surface area contributed by atoms with Gasteiger partial charge in [0.15, 0.2) is 0 Å². The van der Waals surface area contributed by atoms with E-state index >= 15 is 0 Å². The number of piperidine rings is 1. The average molecular weight is 197 g/mol. The fourth-order valence-electron chi connectivity index (χ4n) is 3.61. The summed E-state index contributed by atoms with van der Waals surface area (Å²) in [5.41, 5.74) is 0.530. The summed E-state index contributed by atoms with van der Waals surface area (Å²) in [4.78, 5) is 2.74. The molecule has 84 valence electrons. The first kappa shape index (κ1) is 12.0. The molecule has 0 aliphatic carbocycles. The van der Waals surface area contributed by atoms with Gasteiger partial charge in [0, 0.05) is 5.54 Å². The minimum absolute atomic E-state index is 0.530. The van der Waals surface area contributed by atoms with Crippen LogP contribution in [0.2, 0.25) is 0 Å². The highest BCUT2D eigenvalue weighted by Gasteiger charge is 2.41. The van der Waals surface area contributed by atoms with E-state index in [2.05, 4.69) is 32.6 Å². The molecule has 0 N–H and O–H groups in total. The molecular formula is C13H27N. The lowest BCUT2D eigenvalue weighted by Crippen LogP contribution is -2.56. The third-order valence-corrected chi connectivity index (χ3v) is 4.47. The van der Waals surface area contributed by atoms with Crippen LogP contribution in [0.15, 0.2) is 0 Å². The molecule has 1 saturated heterocycles. The molecule has 0 aromatic carbocycles. The van der Waals surface area contributed by atoms with Gasteiger partial charge in [0.2, 0.25) is 0 Å². The van der Waals surface area contributed by atoms with Crippen LogP contribution in [-0.4, -0.2) is 23.5 Å². The maximum atomic E-state index is 2.74. The Morgan fingerprint density at radius 1 is 1.14 bits per heavy atom.